The number of hydrogen-bond acceptors (Lipinski definition) is 7. The molecule has 0 unspecified atom stereocenters. The molecule has 0 aliphatic rings. The fourth-order valence-electron chi connectivity index (χ4n) is 3.04. The van der Waals surface area contributed by atoms with Crippen molar-refractivity contribution in [2.75, 3.05) is 18.5 Å². The quantitative estimate of drug-likeness (QED) is 0.226. The molecule has 9 heteroatoms. The minimum atomic E-state index is 0.0515. The predicted octanol–water partition coefficient (Wildman–Crippen LogP) is 2.90. The first-order valence-corrected chi connectivity index (χ1v) is 10.1. The van der Waals surface area contributed by atoms with Crippen LogP contribution in [-0.2, 0) is 7.05 Å². The Hall–Kier alpha value is -3.43. The first kappa shape index (κ1) is 19.9. The zero-order valence-corrected chi connectivity index (χ0v) is 17.1. The van der Waals surface area contributed by atoms with Crippen molar-refractivity contribution in [2.45, 2.75) is 4.90 Å². The third-order valence-corrected chi connectivity index (χ3v) is 5.39. The van der Waals surface area contributed by atoms with Gasteiger partial charge in [-0.25, -0.2) is 0 Å². The van der Waals surface area contributed by atoms with Crippen molar-refractivity contribution < 1.29 is 5.11 Å². The maximum atomic E-state index is 8.98. The lowest BCUT2D eigenvalue weighted by atomic mass is 10.2. The van der Waals surface area contributed by atoms with E-state index in [0.717, 1.165) is 32.6 Å². The molecule has 4 N–H and O–H groups in total. The maximum Gasteiger partial charge on any atom is 0.171 e. The van der Waals surface area contributed by atoms with Crippen molar-refractivity contribution in [3.8, 4) is 11.1 Å². The van der Waals surface area contributed by atoms with Crippen LogP contribution in [0, 0.1) is 10.8 Å². The fourth-order valence-corrected chi connectivity index (χ4v) is 3.84. The zero-order chi connectivity index (χ0) is 21.1. The number of nitrogens with zero attached hydrogens (tertiary/aromatic N) is 4. The molecule has 0 aliphatic carbocycles. The van der Waals surface area contributed by atoms with Gasteiger partial charge in [-0.3, -0.25) is 25.1 Å². The van der Waals surface area contributed by atoms with Gasteiger partial charge in [0.05, 0.1) is 30.2 Å². The van der Waals surface area contributed by atoms with Crippen LogP contribution in [0.15, 0.2) is 66.1 Å². The largest absolute Gasteiger partial charge is 0.395 e. The summed E-state index contributed by atoms with van der Waals surface area (Å²) in [6, 6.07) is 11.3. The summed E-state index contributed by atoms with van der Waals surface area (Å²) in [5.74, 6) is 0. The van der Waals surface area contributed by atoms with Crippen molar-refractivity contribution in [3.05, 3.63) is 66.7 Å². The minimum Gasteiger partial charge on any atom is -0.395 e. The van der Waals surface area contributed by atoms with E-state index in [1.165, 1.54) is 11.8 Å². The fraction of sp³-hybridized carbons (Fsp3) is 0.143. The Balaban J connectivity index is 1.60. The number of fused-ring (bicyclic) bond motifs is 1. The number of benzene rings is 1. The summed E-state index contributed by atoms with van der Waals surface area (Å²) >= 11 is 1.28. The molecule has 0 atom stereocenters. The molecular weight excluding hydrogens is 398 g/mol. The average molecular weight is 420 g/mol. The number of anilines is 1. The average Bonchev–Trinajstić information content (AvgIpc) is 3.18. The smallest absolute Gasteiger partial charge is 0.171 e. The van der Waals surface area contributed by atoms with Crippen molar-refractivity contribution >= 4 is 33.5 Å². The van der Waals surface area contributed by atoms with Crippen molar-refractivity contribution in [3.63, 3.8) is 0 Å². The van der Waals surface area contributed by atoms with Crippen LogP contribution in [-0.4, -0.2) is 42.8 Å². The number of aliphatic hydroxyl groups is 1. The lowest BCUT2D eigenvalue weighted by molar-refractivity contribution is 0.311. The molecule has 30 heavy (non-hydrogen) atoms. The summed E-state index contributed by atoms with van der Waals surface area (Å²) in [5, 5.41) is 34.2. The highest BCUT2D eigenvalue weighted by molar-refractivity contribution is 8.13. The van der Waals surface area contributed by atoms with Crippen LogP contribution in [0.2, 0.25) is 0 Å². The van der Waals surface area contributed by atoms with E-state index < -0.39 is 0 Å². The Morgan fingerprint density at radius 1 is 1.13 bits per heavy atom. The van der Waals surface area contributed by atoms with Crippen LogP contribution in [0.25, 0.3) is 22.0 Å². The Bertz CT molecular complexity index is 1280. The van der Waals surface area contributed by atoms with Gasteiger partial charge in [-0.05, 0) is 36.4 Å². The van der Waals surface area contributed by atoms with Gasteiger partial charge in [-0.2, -0.15) is 5.10 Å². The number of aliphatic hydroxyl groups excluding tert-OH is 1. The van der Waals surface area contributed by atoms with Crippen LogP contribution >= 0.6 is 11.8 Å². The van der Waals surface area contributed by atoms with Crippen LogP contribution in [0.4, 0.5) is 5.69 Å². The van der Waals surface area contributed by atoms with Gasteiger partial charge in [0.25, 0.3) is 0 Å². The Morgan fingerprint density at radius 2 is 2.00 bits per heavy atom. The summed E-state index contributed by atoms with van der Waals surface area (Å²) < 4.78 is 3.27. The number of hydrogen-bond donors (Lipinski definition) is 4. The molecule has 0 saturated heterocycles. The molecule has 8 nitrogen and oxygen atoms in total. The number of aryl methyl sites for hydroxylation is 1. The molecule has 0 spiro atoms. The summed E-state index contributed by atoms with van der Waals surface area (Å²) in [4.78, 5) is 5.31. The molecular formula is C21H21N7OS. The van der Waals surface area contributed by atoms with Crippen molar-refractivity contribution in [1.82, 2.24) is 19.3 Å². The van der Waals surface area contributed by atoms with E-state index >= 15 is 0 Å². The lowest BCUT2D eigenvalue weighted by Gasteiger charge is -2.11. The number of nitrogens with one attached hydrogen (secondary N) is 3. The number of aromatic nitrogens is 4. The molecule has 1 aromatic carbocycles. The van der Waals surface area contributed by atoms with Gasteiger partial charge in [0, 0.05) is 47.4 Å². The van der Waals surface area contributed by atoms with Crippen LogP contribution in [0.3, 0.4) is 0 Å². The van der Waals surface area contributed by atoms with E-state index in [1.54, 1.807) is 33.9 Å². The first-order chi connectivity index (χ1) is 14.5. The predicted molar refractivity (Wildman–Crippen MR) is 119 cm³/mol. The molecule has 0 saturated carbocycles. The van der Waals surface area contributed by atoms with E-state index in [9.17, 15) is 0 Å². The molecule has 3 aromatic heterocycles. The molecule has 152 valence electrons. The van der Waals surface area contributed by atoms with Crippen molar-refractivity contribution in [2.24, 2.45) is 7.05 Å². The second-order valence-electron chi connectivity index (χ2n) is 6.71. The van der Waals surface area contributed by atoms with E-state index in [2.05, 4.69) is 15.4 Å². The summed E-state index contributed by atoms with van der Waals surface area (Å²) in [5.41, 5.74) is 3.75. The highest BCUT2D eigenvalue weighted by Gasteiger charge is 2.09. The van der Waals surface area contributed by atoms with Gasteiger partial charge in [-0.15, -0.1) is 0 Å². The van der Waals surface area contributed by atoms with Gasteiger partial charge in [0.1, 0.15) is 5.49 Å². The van der Waals surface area contributed by atoms with Gasteiger partial charge >= 0.3 is 0 Å². The lowest BCUT2D eigenvalue weighted by Crippen LogP contribution is -2.23. The van der Waals surface area contributed by atoms with Crippen LogP contribution in [0.1, 0.15) is 0 Å². The standard InChI is InChI=1S/C21H21N7OS/c1-27-12-16(10-26-27)14-2-5-20(22)28(13-14)21(23)30-18-3-4-19-15(9-18)8-17(11-25-19)24-6-7-29/h2-5,8-13,22-24,29H,6-7H2,1H3. The third-order valence-electron chi connectivity index (χ3n) is 4.51. The first-order valence-electron chi connectivity index (χ1n) is 9.31. The zero-order valence-electron chi connectivity index (χ0n) is 16.3. The van der Waals surface area contributed by atoms with E-state index in [4.69, 9.17) is 15.9 Å². The van der Waals surface area contributed by atoms with E-state index in [-0.39, 0.29) is 17.3 Å². The third kappa shape index (κ3) is 4.27. The number of pyridine rings is 2. The second kappa shape index (κ2) is 8.52. The van der Waals surface area contributed by atoms with Gasteiger partial charge in [0.2, 0.25) is 0 Å². The SMILES string of the molecule is Cn1cc(-c2ccc(=N)n(C(=N)Sc3ccc4ncc(NCCO)cc4c3)c2)cn1. The normalized spacial score (nSPS) is 11.0. The second-order valence-corrected chi connectivity index (χ2v) is 7.77. The monoisotopic (exact) mass is 419 g/mol. The number of rotatable bonds is 5. The maximum absolute atomic E-state index is 8.98. The highest BCUT2D eigenvalue weighted by atomic mass is 32.2. The van der Waals surface area contributed by atoms with E-state index in [0.29, 0.717) is 6.54 Å². The van der Waals surface area contributed by atoms with Crippen LogP contribution in [0.5, 0.6) is 0 Å². The van der Waals surface area contributed by atoms with Crippen molar-refractivity contribution in [1.29, 1.82) is 10.8 Å². The van der Waals surface area contributed by atoms with Gasteiger partial charge in [0.15, 0.2) is 5.17 Å². The topological polar surface area (TPSA) is 116 Å². The molecule has 4 rings (SSSR count). The van der Waals surface area contributed by atoms with Crippen LogP contribution < -0.4 is 10.8 Å². The van der Waals surface area contributed by atoms with Gasteiger partial charge < -0.3 is 10.4 Å². The highest BCUT2D eigenvalue weighted by Crippen LogP contribution is 2.26. The molecule has 0 amide bonds. The Kier molecular flexibility index (Phi) is 5.64. The van der Waals surface area contributed by atoms with E-state index in [1.807, 2.05) is 43.6 Å². The molecule has 0 aliphatic heterocycles. The van der Waals surface area contributed by atoms with Gasteiger partial charge in [-0.1, -0.05) is 11.8 Å². The Morgan fingerprint density at radius 3 is 2.77 bits per heavy atom. The molecule has 0 bridgehead atoms. The summed E-state index contributed by atoms with van der Waals surface area (Å²) in [6.45, 7) is 0.512. The Labute approximate surface area is 177 Å². The number of thioether (sulfide) groups is 1. The minimum absolute atomic E-state index is 0.0515. The molecule has 0 fully saturated rings. The summed E-state index contributed by atoms with van der Waals surface area (Å²) in [7, 11) is 1.85. The molecule has 3 heterocycles. The molecule has 0 radical (unpaired) electrons. The summed E-state index contributed by atoms with van der Waals surface area (Å²) in [6.07, 6.45) is 7.19. The molecule has 4 aromatic rings.